The number of piperidine rings is 1. The third-order valence-electron chi connectivity index (χ3n) is 7.22. The van der Waals surface area contributed by atoms with Crippen LogP contribution < -0.4 is 4.74 Å². The van der Waals surface area contributed by atoms with Crippen molar-refractivity contribution in [3.63, 3.8) is 0 Å². The van der Waals surface area contributed by atoms with Gasteiger partial charge in [0.2, 0.25) is 11.8 Å². The molecule has 35 heavy (non-hydrogen) atoms. The number of carbonyl (C=O) groups excluding carboxylic acids is 1. The lowest BCUT2D eigenvalue weighted by molar-refractivity contribution is -0.136. The number of ether oxygens (including phenoxy) is 1. The number of carbonyl (C=O) groups is 1. The fourth-order valence-electron chi connectivity index (χ4n) is 5.43. The second kappa shape index (κ2) is 11.7. The summed E-state index contributed by atoms with van der Waals surface area (Å²) in [6.07, 6.45) is 3.26. The molecule has 8 heteroatoms. The van der Waals surface area contributed by atoms with Crippen molar-refractivity contribution in [3.8, 4) is 5.88 Å². The van der Waals surface area contributed by atoms with Gasteiger partial charge < -0.3 is 14.5 Å². The minimum atomic E-state index is -0.159. The Bertz CT molecular complexity index is 1010. The van der Waals surface area contributed by atoms with E-state index < -0.39 is 0 Å². The molecular formula is C27H34Cl3N3O2. The zero-order chi connectivity index (χ0) is 25.1. The van der Waals surface area contributed by atoms with Gasteiger partial charge in [0.15, 0.2) is 0 Å². The lowest BCUT2D eigenvalue weighted by atomic mass is 9.86. The fraction of sp³-hybridized carbons (Fsp3) is 0.556. The molecule has 2 fully saturated rings. The van der Waals surface area contributed by atoms with Crippen molar-refractivity contribution in [2.45, 2.75) is 45.6 Å². The number of amides is 1. The first-order chi connectivity index (χ1) is 16.7. The van der Waals surface area contributed by atoms with Crippen molar-refractivity contribution in [3.05, 3.63) is 57.2 Å². The Morgan fingerprint density at radius 1 is 1.06 bits per heavy atom. The average molecular weight is 539 g/mol. The van der Waals surface area contributed by atoms with Gasteiger partial charge in [-0.2, -0.15) is 0 Å². The highest BCUT2D eigenvalue weighted by Crippen LogP contribution is 2.39. The molecule has 0 bridgehead atoms. The Morgan fingerprint density at radius 3 is 2.43 bits per heavy atom. The number of pyridine rings is 1. The van der Waals surface area contributed by atoms with Crippen molar-refractivity contribution in [2.24, 2.45) is 17.8 Å². The van der Waals surface area contributed by atoms with Gasteiger partial charge in [-0.3, -0.25) is 4.79 Å². The number of rotatable bonds is 7. The lowest BCUT2D eigenvalue weighted by Crippen LogP contribution is -2.43. The van der Waals surface area contributed by atoms with Crippen LogP contribution in [0.5, 0.6) is 5.88 Å². The minimum absolute atomic E-state index is 0.0841. The van der Waals surface area contributed by atoms with E-state index in [4.69, 9.17) is 39.5 Å². The van der Waals surface area contributed by atoms with Gasteiger partial charge in [0.05, 0.1) is 15.1 Å². The number of hydrogen-bond acceptors (Lipinski definition) is 4. The smallest absolute Gasteiger partial charge is 0.225 e. The summed E-state index contributed by atoms with van der Waals surface area (Å²) in [5.74, 6) is 1.70. The molecule has 190 valence electrons. The Balaban J connectivity index is 1.49. The number of hydrogen-bond donors (Lipinski definition) is 0. The SMILES string of the molecule is CC(C)CN1CCC(C(=O)N2C[C@H]([C@@H](C)Oc3ccc(Cl)cn3)[C@@H](c3ccc(Cl)c(Cl)c3)C2)CC1. The zero-order valence-electron chi connectivity index (χ0n) is 20.6. The molecule has 0 saturated carbocycles. The third-order valence-corrected chi connectivity index (χ3v) is 8.18. The van der Waals surface area contributed by atoms with Gasteiger partial charge in [-0.1, -0.05) is 54.7 Å². The van der Waals surface area contributed by atoms with Gasteiger partial charge in [0, 0.05) is 49.7 Å². The Kier molecular flexibility index (Phi) is 8.85. The first kappa shape index (κ1) is 26.5. The molecule has 4 rings (SSSR count). The van der Waals surface area contributed by atoms with E-state index in [-0.39, 0.29) is 29.8 Å². The van der Waals surface area contributed by atoms with Gasteiger partial charge in [-0.25, -0.2) is 4.98 Å². The molecule has 1 amide bonds. The number of aromatic nitrogens is 1. The monoisotopic (exact) mass is 537 g/mol. The fourth-order valence-corrected chi connectivity index (χ4v) is 5.85. The van der Waals surface area contributed by atoms with E-state index in [9.17, 15) is 4.79 Å². The van der Waals surface area contributed by atoms with Gasteiger partial charge in [0.25, 0.3) is 0 Å². The summed E-state index contributed by atoms with van der Waals surface area (Å²) in [5, 5.41) is 1.62. The number of benzene rings is 1. The molecule has 1 aromatic heterocycles. The summed E-state index contributed by atoms with van der Waals surface area (Å²) in [7, 11) is 0. The van der Waals surface area contributed by atoms with Gasteiger partial charge in [-0.05, 0) is 62.5 Å². The minimum Gasteiger partial charge on any atom is -0.474 e. The molecule has 3 heterocycles. The summed E-state index contributed by atoms with van der Waals surface area (Å²) in [6, 6.07) is 9.31. The van der Waals surface area contributed by atoms with Crippen LogP contribution in [0.1, 0.15) is 45.1 Å². The summed E-state index contributed by atoms with van der Waals surface area (Å²) in [5.41, 5.74) is 1.07. The van der Waals surface area contributed by atoms with Crippen LogP contribution in [0.3, 0.4) is 0 Å². The molecule has 0 radical (unpaired) electrons. The van der Waals surface area contributed by atoms with E-state index >= 15 is 0 Å². The van der Waals surface area contributed by atoms with Gasteiger partial charge in [0.1, 0.15) is 6.10 Å². The molecule has 2 aromatic rings. The van der Waals surface area contributed by atoms with E-state index in [1.807, 2.05) is 30.0 Å². The number of nitrogens with zero attached hydrogens (tertiary/aromatic N) is 3. The highest BCUT2D eigenvalue weighted by molar-refractivity contribution is 6.42. The Hall–Kier alpha value is -1.53. The molecule has 0 aliphatic carbocycles. The van der Waals surface area contributed by atoms with Crippen LogP contribution in [-0.4, -0.2) is 59.5 Å². The van der Waals surface area contributed by atoms with Crippen molar-refractivity contribution < 1.29 is 9.53 Å². The van der Waals surface area contributed by atoms with Crippen LogP contribution in [0.15, 0.2) is 36.5 Å². The largest absolute Gasteiger partial charge is 0.474 e. The molecule has 1 aromatic carbocycles. The second-order valence-electron chi connectivity index (χ2n) is 10.3. The summed E-state index contributed by atoms with van der Waals surface area (Å²) >= 11 is 18.5. The predicted molar refractivity (Wildman–Crippen MR) is 143 cm³/mol. The normalized spacial score (nSPS) is 22.5. The molecule has 0 unspecified atom stereocenters. The van der Waals surface area contributed by atoms with E-state index in [0.29, 0.717) is 40.0 Å². The van der Waals surface area contributed by atoms with Gasteiger partial charge in [-0.15, -0.1) is 0 Å². The Morgan fingerprint density at radius 2 is 1.80 bits per heavy atom. The molecule has 0 spiro atoms. The topological polar surface area (TPSA) is 45.7 Å². The first-order valence-electron chi connectivity index (χ1n) is 12.5. The quantitative estimate of drug-likeness (QED) is 0.408. The van der Waals surface area contributed by atoms with Crippen molar-refractivity contribution in [1.82, 2.24) is 14.8 Å². The van der Waals surface area contributed by atoms with Crippen molar-refractivity contribution >= 4 is 40.7 Å². The molecule has 0 N–H and O–H groups in total. The predicted octanol–water partition coefficient (Wildman–Crippen LogP) is 6.42. The van der Waals surface area contributed by atoms with E-state index in [2.05, 4.69) is 23.7 Å². The maximum absolute atomic E-state index is 13.6. The summed E-state index contributed by atoms with van der Waals surface area (Å²) in [4.78, 5) is 22.4. The third kappa shape index (κ3) is 6.62. The van der Waals surface area contributed by atoms with Crippen molar-refractivity contribution in [2.75, 3.05) is 32.7 Å². The van der Waals surface area contributed by atoms with E-state index in [0.717, 1.165) is 38.0 Å². The molecule has 3 atom stereocenters. The lowest BCUT2D eigenvalue weighted by Gasteiger charge is -2.34. The van der Waals surface area contributed by atoms with Crippen LogP contribution in [-0.2, 0) is 4.79 Å². The van der Waals surface area contributed by atoms with E-state index in [1.54, 1.807) is 18.3 Å². The van der Waals surface area contributed by atoms with Crippen LogP contribution in [0.25, 0.3) is 0 Å². The molecule has 2 aliphatic heterocycles. The average Bonchev–Trinajstić information content (AvgIpc) is 3.28. The van der Waals surface area contributed by atoms with Crippen LogP contribution in [0.2, 0.25) is 15.1 Å². The summed E-state index contributed by atoms with van der Waals surface area (Å²) < 4.78 is 6.21. The van der Waals surface area contributed by atoms with Crippen LogP contribution in [0, 0.1) is 17.8 Å². The standard InChI is InChI=1S/C27H34Cl3N3O2/c1-17(2)14-32-10-8-19(9-11-32)27(34)33-15-22(18(3)35-26-7-5-21(28)13-31-26)23(16-33)20-4-6-24(29)25(30)12-20/h4-7,12-13,17-19,22-23H,8-11,14-16H2,1-3H3/t18-,22-,23-/m1/s1. The number of likely N-dealkylation sites (tertiary alicyclic amines) is 2. The number of halogens is 3. The highest BCUT2D eigenvalue weighted by Gasteiger charge is 2.42. The zero-order valence-corrected chi connectivity index (χ0v) is 22.9. The second-order valence-corrected chi connectivity index (χ2v) is 11.5. The molecular weight excluding hydrogens is 505 g/mol. The maximum atomic E-state index is 13.6. The summed E-state index contributed by atoms with van der Waals surface area (Å²) in [6.45, 7) is 10.9. The van der Waals surface area contributed by atoms with Crippen molar-refractivity contribution in [1.29, 1.82) is 0 Å². The van der Waals surface area contributed by atoms with Crippen LogP contribution >= 0.6 is 34.8 Å². The highest BCUT2D eigenvalue weighted by atomic mass is 35.5. The first-order valence-corrected chi connectivity index (χ1v) is 13.6. The molecule has 2 aliphatic rings. The van der Waals surface area contributed by atoms with E-state index in [1.165, 1.54) is 0 Å². The van der Waals surface area contributed by atoms with Crippen LogP contribution in [0.4, 0.5) is 0 Å². The molecule has 2 saturated heterocycles. The Labute approximate surface area is 223 Å². The van der Waals surface area contributed by atoms with Gasteiger partial charge >= 0.3 is 0 Å². The molecule has 5 nitrogen and oxygen atoms in total. The maximum Gasteiger partial charge on any atom is 0.225 e.